The van der Waals surface area contributed by atoms with Gasteiger partial charge in [-0.15, -0.1) is 0 Å². The number of carbonyl (C=O) groups is 1. The van der Waals surface area contributed by atoms with E-state index in [0.29, 0.717) is 24.1 Å². The number of benzene rings is 2. The standard InChI is InChI=1S/C19H20F2N2O3S/c1-19(20,21)14-6-9-16-13(11-14)5-10-17(16)22-18(24)12-3-7-15(8-4-12)23-27(2,25)26/h3-4,6-9,11,17,23H,5,10H2,1-2H3,(H,22,24)/t17-/m1/s1. The predicted octanol–water partition coefficient (Wildman–Crippen LogP) is 3.59. The van der Waals surface area contributed by atoms with Gasteiger partial charge in [0.1, 0.15) is 0 Å². The Balaban J connectivity index is 1.71. The van der Waals surface area contributed by atoms with Gasteiger partial charge in [-0.05, 0) is 54.3 Å². The molecule has 0 heterocycles. The van der Waals surface area contributed by atoms with E-state index in [-0.39, 0.29) is 17.5 Å². The topological polar surface area (TPSA) is 75.3 Å². The van der Waals surface area contributed by atoms with Crippen LogP contribution in [0.25, 0.3) is 0 Å². The Morgan fingerprint density at radius 2 is 1.81 bits per heavy atom. The summed E-state index contributed by atoms with van der Waals surface area (Å²) >= 11 is 0. The summed E-state index contributed by atoms with van der Waals surface area (Å²) in [5, 5.41) is 2.91. The number of hydrogen-bond acceptors (Lipinski definition) is 3. The van der Waals surface area contributed by atoms with Crippen LogP contribution in [0.5, 0.6) is 0 Å². The molecule has 0 bridgehead atoms. The third-order valence-electron chi connectivity index (χ3n) is 4.48. The summed E-state index contributed by atoms with van der Waals surface area (Å²) in [6, 6.07) is 10.4. The molecule has 1 amide bonds. The lowest BCUT2D eigenvalue weighted by Gasteiger charge is -2.16. The van der Waals surface area contributed by atoms with Gasteiger partial charge in [-0.2, -0.15) is 0 Å². The Morgan fingerprint density at radius 3 is 2.41 bits per heavy atom. The van der Waals surface area contributed by atoms with Crippen molar-refractivity contribution in [2.24, 2.45) is 0 Å². The van der Waals surface area contributed by atoms with Crippen LogP contribution in [0.1, 0.15) is 46.4 Å². The van der Waals surface area contributed by atoms with Crippen LogP contribution in [-0.4, -0.2) is 20.6 Å². The van der Waals surface area contributed by atoms with Crippen LogP contribution < -0.4 is 10.0 Å². The van der Waals surface area contributed by atoms with Crippen LogP contribution >= 0.6 is 0 Å². The lowest BCUT2D eigenvalue weighted by molar-refractivity contribution is 0.0174. The Labute approximate surface area is 156 Å². The Hall–Kier alpha value is -2.48. The largest absolute Gasteiger partial charge is 0.345 e. The quantitative estimate of drug-likeness (QED) is 0.814. The second kappa shape index (κ2) is 6.92. The number of halogens is 2. The van der Waals surface area contributed by atoms with E-state index in [2.05, 4.69) is 10.0 Å². The molecule has 0 aromatic heterocycles. The highest BCUT2D eigenvalue weighted by molar-refractivity contribution is 7.92. The third kappa shape index (κ3) is 4.63. The van der Waals surface area contributed by atoms with Gasteiger partial charge in [-0.3, -0.25) is 9.52 Å². The molecular weight excluding hydrogens is 374 g/mol. The Bertz CT molecular complexity index is 967. The highest BCUT2D eigenvalue weighted by atomic mass is 32.2. The summed E-state index contributed by atoms with van der Waals surface area (Å²) in [7, 11) is -3.38. The molecule has 0 spiro atoms. The van der Waals surface area contributed by atoms with Crippen LogP contribution in [0.15, 0.2) is 42.5 Å². The number of anilines is 1. The van der Waals surface area contributed by atoms with Gasteiger partial charge in [0.2, 0.25) is 10.0 Å². The molecule has 1 aliphatic carbocycles. The molecule has 0 saturated heterocycles. The average molecular weight is 394 g/mol. The molecular formula is C19H20F2N2O3S. The van der Waals surface area contributed by atoms with Crippen molar-refractivity contribution < 1.29 is 22.0 Å². The van der Waals surface area contributed by atoms with Crippen LogP contribution in [0.4, 0.5) is 14.5 Å². The molecule has 0 radical (unpaired) electrons. The van der Waals surface area contributed by atoms with Crippen molar-refractivity contribution in [3.05, 3.63) is 64.7 Å². The maximum Gasteiger partial charge on any atom is 0.270 e. The van der Waals surface area contributed by atoms with Crippen LogP contribution in [0.3, 0.4) is 0 Å². The molecule has 0 fully saturated rings. The van der Waals surface area contributed by atoms with Crippen molar-refractivity contribution in [3.63, 3.8) is 0 Å². The van der Waals surface area contributed by atoms with Gasteiger partial charge in [0, 0.05) is 23.7 Å². The first-order valence-electron chi connectivity index (χ1n) is 8.43. The van der Waals surface area contributed by atoms with Crippen LogP contribution in [0.2, 0.25) is 0 Å². The van der Waals surface area contributed by atoms with E-state index >= 15 is 0 Å². The molecule has 0 saturated carbocycles. The van der Waals surface area contributed by atoms with E-state index in [1.807, 2.05) is 0 Å². The number of aryl methyl sites for hydroxylation is 1. The van der Waals surface area contributed by atoms with Gasteiger partial charge in [0.15, 0.2) is 0 Å². The number of rotatable bonds is 5. The zero-order valence-electron chi connectivity index (χ0n) is 14.9. The lowest BCUT2D eigenvalue weighted by Crippen LogP contribution is -2.27. The fourth-order valence-corrected chi connectivity index (χ4v) is 3.75. The van der Waals surface area contributed by atoms with Crippen molar-refractivity contribution in [2.75, 3.05) is 11.0 Å². The number of alkyl halides is 2. The lowest BCUT2D eigenvalue weighted by atomic mass is 10.0. The smallest absolute Gasteiger partial charge is 0.270 e. The van der Waals surface area contributed by atoms with E-state index in [1.54, 1.807) is 6.07 Å². The minimum absolute atomic E-state index is 0.0257. The van der Waals surface area contributed by atoms with Gasteiger partial charge < -0.3 is 5.32 Å². The number of fused-ring (bicyclic) bond motifs is 1. The summed E-state index contributed by atoms with van der Waals surface area (Å²) in [5.74, 6) is -3.19. The van der Waals surface area contributed by atoms with E-state index in [0.717, 1.165) is 24.3 Å². The molecule has 2 aromatic rings. The maximum absolute atomic E-state index is 13.5. The molecule has 1 aliphatic rings. The molecule has 27 heavy (non-hydrogen) atoms. The minimum atomic E-state index is -3.38. The zero-order chi connectivity index (χ0) is 19.8. The molecule has 0 aliphatic heterocycles. The summed E-state index contributed by atoms with van der Waals surface area (Å²) in [6.45, 7) is 0.866. The van der Waals surface area contributed by atoms with Crippen molar-refractivity contribution in [1.29, 1.82) is 0 Å². The summed E-state index contributed by atoms with van der Waals surface area (Å²) < 4.78 is 51.7. The van der Waals surface area contributed by atoms with Gasteiger partial charge in [0.25, 0.3) is 11.8 Å². The van der Waals surface area contributed by atoms with Crippen molar-refractivity contribution in [2.45, 2.75) is 31.7 Å². The van der Waals surface area contributed by atoms with Gasteiger partial charge in [0.05, 0.1) is 12.3 Å². The highest BCUT2D eigenvalue weighted by Crippen LogP contribution is 2.36. The number of carbonyl (C=O) groups excluding carboxylic acids is 1. The number of amides is 1. The first-order chi connectivity index (χ1) is 12.5. The molecule has 0 unspecified atom stereocenters. The second-order valence-corrected chi connectivity index (χ2v) is 8.57. The normalized spacial score (nSPS) is 16.7. The third-order valence-corrected chi connectivity index (χ3v) is 5.09. The first kappa shape index (κ1) is 19.3. The number of hydrogen-bond donors (Lipinski definition) is 2. The molecule has 2 aromatic carbocycles. The monoisotopic (exact) mass is 394 g/mol. The average Bonchev–Trinajstić information content (AvgIpc) is 2.95. The van der Waals surface area contributed by atoms with Crippen molar-refractivity contribution in [3.8, 4) is 0 Å². The SMILES string of the molecule is CC(F)(F)c1ccc2c(c1)CC[C@H]2NC(=O)c1ccc(NS(C)(=O)=O)cc1. The van der Waals surface area contributed by atoms with Crippen molar-refractivity contribution in [1.82, 2.24) is 5.32 Å². The molecule has 3 rings (SSSR count). The minimum Gasteiger partial charge on any atom is -0.345 e. The summed E-state index contributed by atoms with van der Waals surface area (Å²) in [4.78, 5) is 12.5. The van der Waals surface area contributed by atoms with Crippen LogP contribution in [-0.2, 0) is 22.4 Å². The van der Waals surface area contributed by atoms with E-state index in [1.165, 1.54) is 36.4 Å². The first-order valence-corrected chi connectivity index (χ1v) is 10.3. The predicted molar refractivity (Wildman–Crippen MR) is 99.4 cm³/mol. The van der Waals surface area contributed by atoms with Gasteiger partial charge in [-0.25, -0.2) is 17.2 Å². The maximum atomic E-state index is 13.5. The van der Waals surface area contributed by atoms with Gasteiger partial charge >= 0.3 is 0 Å². The summed E-state index contributed by atoms with van der Waals surface area (Å²) in [5.41, 5.74) is 2.41. The highest BCUT2D eigenvalue weighted by Gasteiger charge is 2.29. The fourth-order valence-electron chi connectivity index (χ4n) is 3.19. The van der Waals surface area contributed by atoms with E-state index < -0.39 is 15.9 Å². The molecule has 8 heteroatoms. The van der Waals surface area contributed by atoms with Gasteiger partial charge in [-0.1, -0.05) is 12.1 Å². The van der Waals surface area contributed by atoms with E-state index in [9.17, 15) is 22.0 Å². The van der Waals surface area contributed by atoms with E-state index in [4.69, 9.17) is 0 Å². The molecule has 2 N–H and O–H groups in total. The molecule has 1 atom stereocenters. The Morgan fingerprint density at radius 1 is 1.15 bits per heavy atom. The van der Waals surface area contributed by atoms with Crippen molar-refractivity contribution >= 4 is 21.6 Å². The molecule has 144 valence electrons. The molecule has 5 nitrogen and oxygen atoms in total. The Kier molecular flexibility index (Phi) is 4.94. The van der Waals surface area contributed by atoms with Crippen LogP contribution in [0, 0.1) is 0 Å². The second-order valence-electron chi connectivity index (χ2n) is 6.82. The number of nitrogens with one attached hydrogen (secondary N) is 2. The zero-order valence-corrected chi connectivity index (χ0v) is 15.7. The summed E-state index contributed by atoms with van der Waals surface area (Å²) in [6.07, 6.45) is 2.32. The number of sulfonamides is 1. The fraction of sp³-hybridized carbons (Fsp3) is 0.316.